The summed E-state index contributed by atoms with van der Waals surface area (Å²) in [7, 11) is 0. The number of aryl methyl sites for hydroxylation is 1. The monoisotopic (exact) mass is 433 g/mol. The molecule has 4 rings (SSSR count). The number of carbonyl (C=O) groups excluding carboxylic acids is 1. The number of hydrogen-bond acceptors (Lipinski definition) is 4. The quantitative estimate of drug-likeness (QED) is 0.492. The predicted molar refractivity (Wildman–Crippen MR) is 122 cm³/mol. The zero-order valence-electron chi connectivity index (χ0n) is 17.0. The van der Waals surface area contributed by atoms with E-state index < -0.39 is 6.10 Å². The smallest absolute Gasteiger partial charge is 0.265 e. The first-order valence-corrected chi connectivity index (χ1v) is 10.1. The topological polar surface area (TPSA) is 73.2 Å². The van der Waals surface area contributed by atoms with Crippen molar-refractivity contribution in [3.8, 4) is 11.4 Å². The molecular weight excluding hydrogens is 414 g/mol. The van der Waals surface area contributed by atoms with E-state index >= 15 is 0 Å². The summed E-state index contributed by atoms with van der Waals surface area (Å²) in [6.07, 6.45) is -0.715. The molecule has 1 heterocycles. The molecule has 6 nitrogen and oxygen atoms in total. The van der Waals surface area contributed by atoms with Crippen LogP contribution in [0.4, 0.5) is 5.69 Å². The number of halogens is 1. The zero-order chi connectivity index (χ0) is 22.0. The average molecular weight is 434 g/mol. The zero-order valence-corrected chi connectivity index (χ0v) is 17.8. The third-order valence-electron chi connectivity index (χ3n) is 4.81. The van der Waals surface area contributed by atoms with Crippen molar-refractivity contribution in [1.29, 1.82) is 0 Å². The van der Waals surface area contributed by atoms with Crippen LogP contribution in [0.1, 0.15) is 12.7 Å². The molecule has 3 aromatic carbocycles. The van der Waals surface area contributed by atoms with Crippen LogP contribution >= 0.6 is 11.6 Å². The molecule has 156 valence electrons. The van der Waals surface area contributed by atoms with E-state index in [1.54, 1.807) is 73.0 Å². The number of nitrogens with one attached hydrogen (secondary N) is 1. The Bertz CT molecular complexity index is 1320. The third kappa shape index (κ3) is 4.44. The van der Waals surface area contributed by atoms with Gasteiger partial charge in [0, 0.05) is 10.7 Å². The van der Waals surface area contributed by atoms with Crippen molar-refractivity contribution in [1.82, 2.24) is 9.55 Å². The maximum atomic E-state index is 12.9. The Morgan fingerprint density at radius 3 is 2.55 bits per heavy atom. The first-order valence-electron chi connectivity index (χ1n) is 9.74. The van der Waals surface area contributed by atoms with Gasteiger partial charge < -0.3 is 10.1 Å². The first-order chi connectivity index (χ1) is 14.9. The highest BCUT2D eigenvalue weighted by Crippen LogP contribution is 2.19. The van der Waals surface area contributed by atoms with Crippen LogP contribution in [0.2, 0.25) is 5.02 Å². The summed E-state index contributed by atoms with van der Waals surface area (Å²) < 4.78 is 7.20. The van der Waals surface area contributed by atoms with Gasteiger partial charge in [0.15, 0.2) is 6.10 Å². The molecular formula is C24H20ClN3O3. The number of para-hydroxylation sites is 1. The van der Waals surface area contributed by atoms with Gasteiger partial charge in [-0.3, -0.25) is 14.2 Å². The van der Waals surface area contributed by atoms with Crippen molar-refractivity contribution in [3.05, 3.63) is 94.0 Å². The van der Waals surface area contributed by atoms with Crippen LogP contribution in [0.5, 0.6) is 5.75 Å². The number of rotatable bonds is 5. The van der Waals surface area contributed by atoms with E-state index in [9.17, 15) is 9.59 Å². The fourth-order valence-corrected chi connectivity index (χ4v) is 3.46. The molecule has 0 saturated carbocycles. The lowest BCUT2D eigenvalue weighted by molar-refractivity contribution is -0.122. The molecule has 0 bridgehead atoms. The van der Waals surface area contributed by atoms with Crippen LogP contribution in [0.25, 0.3) is 16.6 Å². The maximum Gasteiger partial charge on any atom is 0.265 e. The van der Waals surface area contributed by atoms with Crippen LogP contribution < -0.4 is 15.6 Å². The summed E-state index contributed by atoms with van der Waals surface area (Å²) in [5.74, 6) is 0.807. The average Bonchev–Trinajstić information content (AvgIpc) is 2.75. The van der Waals surface area contributed by atoms with Crippen molar-refractivity contribution >= 4 is 34.1 Å². The van der Waals surface area contributed by atoms with Gasteiger partial charge in [0.2, 0.25) is 0 Å². The highest BCUT2D eigenvalue weighted by molar-refractivity contribution is 6.30. The molecule has 1 atom stereocenters. The molecule has 0 saturated heterocycles. The van der Waals surface area contributed by atoms with Gasteiger partial charge >= 0.3 is 0 Å². The predicted octanol–water partition coefficient (Wildman–Crippen LogP) is 4.75. The van der Waals surface area contributed by atoms with Gasteiger partial charge in [0.05, 0.1) is 16.6 Å². The molecule has 31 heavy (non-hydrogen) atoms. The summed E-state index contributed by atoms with van der Waals surface area (Å²) in [6, 6.07) is 21.1. The van der Waals surface area contributed by atoms with Crippen LogP contribution in [0.3, 0.4) is 0 Å². The number of fused-ring (bicyclic) bond motifs is 1. The minimum atomic E-state index is -0.715. The highest BCUT2D eigenvalue weighted by atomic mass is 35.5. The standard InChI is InChI=1S/C24H20ClN3O3/c1-15(31-20-7-5-6-17(25)14-20)23(29)27-18-10-12-19(13-11-18)28-16(2)26-22-9-4-3-8-21(22)24(28)30/h3-15H,1-2H3,(H,27,29)/t15-/m1/s1. The Kier molecular flexibility index (Phi) is 5.73. The van der Waals surface area contributed by atoms with E-state index in [1.165, 1.54) is 0 Å². The molecule has 0 radical (unpaired) electrons. The van der Waals surface area contributed by atoms with Crippen molar-refractivity contribution in [3.63, 3.8) is 0 Å². The van der Waals surface area contributed by atoms with E-state index in [0.717, 1.165) is 0 Å². The molecule has 0 aliphatic heterocycles. The molecule has 0 spiro atoms. The Morgan fingerprint density at radius 2 is 1.81 bits per heavy atom. The Hall–Kier alpha value is -3.64. The van der Waals surface area contributed by atoms with Crippen molar-refractivity contribution in [2.24, 2.45) is 0 Å². The number of hydrogen-bond donors (Lipinski definition) is 1. The van der Waals surface area contributed by atoms with Crippen LogP contribution in [0, 0.1) is 6.92 Å². The Morgan fingerprint density at radius 1 is 1.06 bits per heavy atom. The number of ether oxygens (including phenoxy) is 1. The molecule has 0 fully saturated rings. The molecule has 0 aliphatic carbocycles. The minimum absolute atomic E-state index is 0.136. The van der Waals surface area contributed by atoms with E-state index in [1.807, 2.05) is 18.2 Å². The van der Waals surface area contributed by atoms with E-state index in [2.05, 4.69) is 10.3 Å². The number of amides is 1. The van der Waals surface area contributed by atoms with E-state index in [4.69, 9.17) is 16.3 Å². The molecule has 7 heteroatoms. The van der Waals surface area contributed by atoms with Gasteiger partial charge in [-0.15, -0.1) is 0 Å². The largest absolute Gasteiger partial charge is 0.481 e. The lowest BCUT2D eigenvalue weighted by Crippen LogP contribution is -2.30. The summed E-state index contributed by atoms with van der Waals surface area (Å²) in [6.45, 7) is 3.45. The van der Waals surface area contributed by atoms with Crippen molar-refractivity contribution in [2.75, 3.05) is 5.32 Å². The molecule has 0 aliphatic rings. The normalized spacial score (nSPS) is 11.8. The van der Waals surface area contributed by atoms with Gasteiger partial charge in [-0.05, 0) is 68.4 Å². The Labute approximate surface area is 184 Å². The first kappa shape index (κ1) is 20.6. The van der Waals surface area contributed by atoms with Crippen LogP contribution in [0.15, 0.2) is 77.6 Å². The summed E-state index contributed by atoms with van der Waals surface area (Å²) in [5, 5.41) is 3.90. The second-order valence-corrected chi connectivity index (χ2v) is 7.51. The number of aromatic nitrogens is 2. The molecule has 1 N–H and O–H groups in total. The Balaban J connectivity index is 1.52. The lowest BCUT2D eigenvalue weighted by atomic mass is 10.2. The van der Waals surface area contributed by atoms with Gasteiger partial charge in [-0.2, -0.15) is 0 Å². The van der Waals surface area contributed by atoms with E-state index in [0.29, 0.717) is 38.9 Å². The van der Waals surface area contributed by atoms with Gasteiger partial charge in [-0.1, -0.05) is 29.8 Å². The van der Waals surface area contributed by atoms with Crippen LogP contribution in [-0.4, -0.2) is 21.6 Å². The number of nitrogens with zero attached hydrogens (tertiary/aromatic N) is 2. The summed E-state index contributed by atoms with van der Waals surface area (Å²) >= 11 is 5.95. The second-order valence-electron chi connectivity index (χ2n) is 7.07. The molecule has 0 unspecified atom stereocenters. The molecule has 1 aromatic heterocycles. The number of carbonyl (C=O) groups is 1. The minimum Gasteiger partial charge on any atom is -0.481 e. The SMILES string of the molecule is Cc1nc2ccccc2c(=O)n1-c1ccc(NC(=O)[C@@H](C)Oc2cccc(Cl)c2)cc1. The maximum absolute atomic E-state index is 12.9. The second kappa shape index (κ2) is 8.62. The van der Waals surface area contributed by atoms with Crippen LogP contribution in [-0.2, 0) is 4.79 Å². The van der Waals surface area contributed by atoms with Crippen molar-refractivity contribution in [2.45, 2.75) is 20.0 Å². The van der Waals surface area contributed by atoms with E-state index in [-0.39, 0.29) is 11.5 Å². The molecule has 4 aromatic rings. The fraction of sp³-hybridized carbons (Fsp3) is 0.125. The van der Waals surface area contributed by atoms with Gasteiger partial charge in [0.1, 0.15) is 11.6 Å². The van der Waals surface area contributed by atoms with Gasteiger partial charge in [0.25, 0.3) is 11.5 Å². The number of anilines is 1. The fourth-order valence-electron chi connectivity index (χ4n) is 3.28. The molecule has 1 amide bonds. The summed E-state index contributed by atoms with van der Waals surface area (Å²) in [4.78, 5) is 29.9. The lowest BCUT2D eigenvalue weighted by Gasteiger charge is -2.15. The highest BCUT2D eigenvalue weighted by Gasteiger charge is 2.15. The number of benzene rings is 3. The summed E-state index contributed by atoms with van der Waals surface area (Å²) in [5.41, 5.74) is 1.79. The third-order valence-corrected chi connectivity index (χ3v) is 5.05. The van der Waals surface area contributed by atoms with Crippen molar-refractivity contribution < 1.29 is 9.53 Å². The van der Waals surface area contributed by atoms with Gasteiger partial charge in [-0.25, -0.2) is 4.98 Å².